The number of ether oxygens (including phenoxy) is 2. The van der Waals surface area contributed by atoms with E-state index in [0.29, 0.717) is 5.02 Å². The first kappa shape index (κ1) is 17.1. The maximum absolute atomic E-state index is 11.4. The second-order valence-corrected chi connectivity index (χ2v) is 6.23. The second-order valence-electron chi connectivity index (χ2n) is 5.82. The average Bonchev–Trinajstić information content (AvgIpc) is 2.50. The Morgan fingerprint density at radius 2 is 2.18 bits per heavy atom. The molecule has 1 aliphatic rings. The van der Waals surface area contributed by atoms with Gasteiger partial charge in [-0.2, -0.15) is 0 Å². The SMILES string of the molecule is CCC(OC)[C@@]1(c2ccccc2Cl)CCCC[C@@H]1OC(N)=O. The van der Waals surface area contributed by atoms with Crippen molar-refractivity contribution >= 4 is 17.7 Å². The molecular weight excluding hydrogens is 302 g/mol. The Labute approximate surface area is 136 Å². The molecule has 2 rings (SSSR count). The van der Waals surface area contributed by atoms with Crippen LogP contribution in [0.1, 0.15) is 44.6 Å². The van der Waals surface area contributed by atoms with Gasteiger partial charge in [-0.3, -0.25) is 0 Å². The lowest BCUT2D eigenvalue weighted by molar-refractivity contribution is -0.0649. The van der Waals surface area contributed by atoms with Crippen molar-refractivity contribution in [3.63, 3.8) is 0 Å². The van der Waals surface area contributed by atoms with E-state index < -0.39 is 11.5 Å². The molecule has 3 atom stereocenters. The number of nitrogens with two attached hydrogens (primary N) is 1. The Hall–Kier alpha value is -1.26. The summed E-state index contributed by atoms with van der Waals surface area (Å²) in [6, 6.07) is 7.74. The van der Waals surface area contributed by atoms with Gasteiger partial charge in [0.05, 0.1) is 11.5 Å². The molecule has 1 saturated carbocycles. The van der Waals surface area contributed by atoms with Gasteiger partial charge in [-0.15, -0.1) is 0 Å². The largest absolute Gasteiger partial charge is 0.445 e. The fraction of sp³-hybridized carbons (Fsp3) is 0.588. The molecule has 5 heteroatoms. The summed E-state index contributed by atoms with van der Waals surface area (Å²) in [7, 11) is 1.70. The smallest absolute Gasteiger partial charge is 0.404 e. The lowest BCUT2D eigenvalue weighted by atomic mass is 9.63. The third-order valence-electron chi connectivity index (χ3n) is 4.74. The van der Waals surface area contributed by atoms with Crippen LogP contribution in [0.15, 0.2) is 24.3 Å². The molecule has 1 aliphatic carbocycles. The van der Waals surface area contributed by atoms with Crippen molar-refractivity contribution < 1.29 is 14.3 Å². The average molecular weight is 326 g/mol. The Kier molecular flexibility index (Phi) is 5.70. The maximum atomic E-state index is 11.4. The van der Waals surface area contributed by atoms with Crippen LogP contribution in [0.4, 0.5) is 4.79 Å². The van der Waals surface area contributed by atoms with E-state index in [1.165, 1.54) is 0 Å². The molecule has 1 aromatic carbocycles. The Balaban J connectivity index is 2.57. The number of halogens is 1. The number of benzene rings is 1. The van der Waals surface area contributed by atoms with Crippen molar-refractivity contribution in [1.29, 1.82) is 0 Å². The van der Waals surface area contributed by atoms with Crippen LogP contribution in [-0.4, -0.2) is 25.4 Å². The molecule has 0 heterocycles. The van der Waals surface area contributed by atoms with E-state index in [0.717, 1.165) is 37.7 Å². The van der Waals surface area contributed by atoms with Crippen molar-refractivity contribution in [2.24, 2.45) is 5.73 Å². The van der Waals surface area contributed by atoms with Gasteiger partial charge in [-0.25, -0.2) is 4.79 Å². The number of hydrogen-bond donors (Lipinski definition) is 1. The summed E-state index contributed by atoms with van der Waals surface area (Å²) < 4.78 is 11.3. The first-order chi connectivity index (χ1) is 10.6. The fourth-order valence-corrected chi connectivity index (χ4v) is 4.21. The third kappa shape index (κ3) is 3.08. The van der Waals surface area contributed by atoms with Crippen molar-refractivity contribution in [3.8, 4) is 0 Å². The molecule has 0 saturated heterocycles. The van der Waals surface area contributed by atoms with Gasteiger partial charge in [0.1, 0.15) is 6.10 Å². The molecule has 22 heavy (non-hydrogen) atoms. The number of carbonyl (C=O) groups excluding carboxylic acids is 1. The molecule has 1 aromatic rings. The van der Waals surface area contributed by atoms with E-state index in [9.17, 15) is 4.79 Å². The minimum absolute atomic E-state index is 0.0861. The number of carbonyl (C=O) groups is 1. The summed E-state index contributed by atoms with van der Waals surface area (Å²) in [4.78, 5) is 11.4. The summed E-state index contributed by atoms with van der Waals surface area (Å²) >= 11 is 6.48. The summed E-state index contributed by atoms with van der Waals surface area (Å²) in [5.74, 6) is 0. The fourth-order valence-electron chi connectivity index (χ4n) is 3.90. The second kappa shape index (κ2) is 7.34. The topological polar surface area (TPSA) is 61.6 Å². The van der Waals surface area contributed by atoms with Crippen LogP contribution >= 0.6 is 11.6 Å². The van der Waals surface area contributed by atoms with E-state index in [4.69, 9.17) is 26.8 Å². The standard InChI is InChI=1S/C17H24ClNO3/c1-3-14(21-2)17(12-8-4-5-9-13(12)18)11-7-6-10-15(17)22-16(19)20/h4-5,8-9,14-15H,3,6-7,10-11H2,1-2H3,(H2,19,20)/t14?,15-,17-/m0/s1. The van der Waals surface area contributed by atoms with Gasteiger partial charge >= 0.3 is 6.09 Å². The zero-order valence-corrected chi connectivity index (χ0v) is 13.9. The molecule has 1 unspecified atom stereocenters. The first-order valence-electron chi connectivity index (χ1n) is 7.80. The van der Waals surface area contributed by atoms with E-state index in [1.54, 1.807) is 7.11 Å². The molecule has 2 N–H and O–H groups in total. The van der Waals surface area contributed by atoms with Gasteiger partial charge in [0.2, 0.25) is 0 Å². The predicted octanol–water partition coefficient (Wildman–Crippen LogP) is 4.04. The van der Waals surface area contributed by atoms with Crippen LogP contribution in [0.25, 0.3) is 0 Å². The van der Waals surface area contributed by atoms with Crippen LogP contribution < -0.4 is 5.73 Å². The normalized spacial score (nSPS) is 26.4. The zero-order valence-electron chi connectivity index (χ0n) is 13.2. The minimum atomic E-state index is -0.741. The highest BCUT2D eigenvalue weighted by Crippen LogP contribution is 2.48. The number of hydrogen-bond acceptors (Lipinski definition) is 3. The molecule has 0 aliphatic heterocycles. The Morgan fingerprint density at radius 1 is 1.45 bits per heavy atom. The maximum Gasteiger partial charge on any atom is 0.404 e. The summed E-state index contributed by atoms with van der Waals surface area (Å²) in [5.41, 5.74) is 5.84. The van der Waals surface area contributed by atoms with Crippen molar-refractivity contribution in [3.05, 3.63) is 34.9 Å². The van der Waals surface area contributed by atoms with Gasteiger partial charge in [0.25, 0.3) is 0 Å². The van der Waals surface area contributed by atoms with Gasteiger partial charge in [0.15, 0.2) is 0 Å². The zero-order chi connectivity index (χ0) is 16.2. The summed E-state index contributed by atoms with van der Waals surface area (Å²) in [6.07, 6.45) is 3.35. The molecule has 0 bridgehead atoms. The van der Waals surface area contributed by atoms with Crippen LogP contribution in [0.5, 0.6) is 0 Å². The van der Waals surface area contributed by atoms with E-state index in [-0.39, 0.29) is 12.2 Å². The Morgan fingerprint density at radius 3 is 2.77 bits per heavy atom. The molecule has 122 valence electrons. The molecule has 0 aromatic heterocycles. The van der Waals surface area contributed by atoms with Crippen molar-refractivity contribution in [2.45, 2.75) is 56.7 Å². The van der Waals surface area contributed by atoms with Gasteiger partial charge in [-0.1, -0.05) is 43.1 Å². The molecule has 0 radical (unpaired) electrons. The highest BCUT2D eigenvalue weighted by Gasteiger charge is 2.50. The molecule has 4 nitrogen and oxygen atoms in total. The monoisotopic (exact) mass is 325 g/mol. The van der Waals surface area contributed by atoms with Gasteiger partial charge < -0.3 is 15.2 Å². The van der Waals surface area contributed by atoms with Crippen LogP contribution in [-0.2, 0) is 14.9 Å². The van der Waals surface area contributed by atoms with Crippen molar-refractivity contribution in [2.75, 3.05) is 7.11 Å². The van der Waals surface area contributed by atoms with E-state index in [2.05, 4.69) is 6.92 Å². The van der Waals surface area contributed by atoms with E-state index >= 15 is 0 Å². The van der Waals surface area contributed by atoms with Gasteiger partial charge in [0, 0.05) is 12.1 Å². The highest BCUT2D eigenvalue weighted by atomic mass is 35.5. The molecule has 1 amide bonds. The van der Waals surface area contributed by atoms with Crippen molar-refractivity contribution in [1.82, 2.24) is 0 Å². The number of methoxy groups -OCH3 is 1. The predicted molar refractivity (Wildman–Crippen MR) is 87.1 cm³/mol. The van der Waals surface area contributed by atoms with Crippen LogP contribution in [0.3, 0.4) is 0 Å². The van der Waals surface area contributed by atoms with Crippen LogP contribution in [0.2, 0.25) is 5.02 Å². The minimum Gasteiger partial charge on any atom is -0.445 e. The summed E-state index contributed by atoms with van der Waals surface area (Å²) in [5, 5.41) is 0.679. The first-order valence-corrected chi connectivity index (χ1v) is 8.18. The lowest BCUT2D eigenvalue weighted by Gasteiger charge is -2.48. The van der Waals surface area contributed by atoms with Crippen LogP contribution in [0, 0.1) is 0 Å². The number of rotatable bonds is 5. The summed E-state index contributed by atoms with van der Waals surface area (Å²) in [6.45, 7) is 2.07. The Bertz CT molecular complexity index is 518. The lowest BCUT2D eigenvalue weighted by Crippen LogP contribution is -2.54. The number of amides is 1. The molecule has 1 fully saturated rings. The van der Waals surface area contributed by atoms with Gasteiger partial charge in [-0.05, 0) is 37.3 Å². The molecular formula is C17H24ClNO3. The third-order valence-corrected chi connectivity index (χ3v) is 5.07. The molecule has 0 spiro atoms. The van der Waals surface area contributed by atoms with E-state index in [1.807, 2.05) is 24.3 Å². The number of primary amides is 1. The quantitative estimate of drug-likeness (QED) is 0.888. The highest BCUT2D eigenvalue weighted by molar-refractivity contribution is 6.31.